The Bertz CT molecular complexity index is 1190. The van der Waals surface area contributed by atoms with Crippen LogP contribution < -0.4 is 16.4 Å². The first-order valence-electron chi connectivity index (χ1n) is 8.28. The molecule has 5 aromatic rings. The average Bonchev–Trinajstić information content (AvgIpc) is 3.35. The van der Waals surface area contributed by atoms with E-state index in [9.17, 15) is 0 Å². The zero-order chi connectivity index (χ0) is 18.0. The predicted molar refractivity (Wildman–Crippen MR) is 125 cm³/mol. The molecule has 124 valence electrons. The van der Waals surface area contributed by atoms with Crippen LogP contribution in [0.25, 0.3) is 41.4 Å². The van der Waals surface area contributed by atoms with Crippen molar-refractivity contribution in [2.45, 2.75) is 0 Å². The number of fused-ring (bicyclic) bond motifs is 2. The lowest BCUT2D eigenvalue weighted by Gasteiger charge is -2.11. The Morgan fingerprint density at radius 1 is 0.769 bits per heavy atom. The molecule has 26 heavy (non-hydrogen) atoms. The summed E-state index contributed by atoms with van der Waals surface area (Å²) in [5, 5.41) is 0. The lowest BCUT2D eigenvalue weighted by Crippen LogP contribution is -2.13. The molecule has 1 aromatic carbocycles. The van der Waals surface area contributed by atoms with Crippen molar-refractivity contribution >= 4 is 99.1 Å². The highest BCUT2D eigenvalue weighted by atomic mass is 79.9. The third-order valence-electron chi connectivity index (χ3n) is 4.85. The Labute approximate surface area is 169 Å². The van der Waals surface area contributed by atoms with Gasteiger partial charge in [-0.3, -0.25) is 0 Å². The van der Waals surface area contributed by atoms with E-state index in [1.807, 2.05) is 12.1 Å². The fraction of sp³-hybridized carbons (Fsp3) is 0. The number of halogens is 1. The van der Waals surface area contributed by atoms with E-state index in [0.717, 1.165) is 15.6 Å². The molecule has 0 atom stereocenters. The highest BCUT2D eigenvalue weighted by molar-refractivity contribution is 9.10. The van der Waals surface area contributed by atoms with E-state index in [-0.39, 0.29) is 0 Å². The van der Waals surface area contributed by atoms with E-state index in [1.165, 1.54) is 46.7 Å². The second-order valence-electron chi connectivity index (χ2n) is 6.49. The highest BCUT2D eigenvalue weighted by Crippen LogP contribution is 2.38. The van der Waals surface area contributed by atoms with Crippen molar-refractivity contribution < 1.29 is 8.83 Å². The number of rotatable bonds is 2. The first kappa shape index (κ1) is 16.5. The Kier molecular flexibility index (Phi) is 3.78. The van der Waals surface area contributed by atoms with Gasteiger partial charge in [-0.1, -0.05) is 27.5 Å². The SMILES string of the molecule is Bc1cc(-c2sc3ccoc3c2B)c(Br)cc1-c1sc2ccoc2c1B. The monoisotopic (exact) mass is 436 g/mol. The molecule has 0 fully saturated rings. The molecule has 0 spiro atoms. The van der Waals surface area contributed by atoms with E-state index in [1.54, 1.807) is 35.2 Å². The molecule has 0 radical (unpaired) electrons. The van der Waals surface area contributed by atoms with E-state index >= 15 is 0 Å². The molecular formula is C18H12B3BrO2S2. The summed E-state index contributed by atoms with van der Waals surface area (Å²) in [7, 11) is 6.45. The van der Waals surface area contributed by atoms with E-state index < -0.39 is 0 Å². The summed E-state index contributed by atoms with van der Waals surface area (Å²) >= 11 is 7.38. The van der Waals surface area contributed by atoms with Crippen molar-refractivity contribution in [1.29, 1.82) is 0 Å². The molecule has 0 aliphatic carbocycles. The van der Waals surface area contributed by atoms with Crippen LogP contribution in [0.5, 0.6) is 0 Å². The van der Waals surface area contributed by atoms with Crippen LogP contribution in [0.15, 0.2) is 50.1 Å². The number of thiophene rings is 2. The Balaban J connectivity index is 1.70. The first-order chi connectivity index (χ1) is 12.5. The lowest BCUT2D eigenvalue weighted by molar-refractivity contribution is 0.618. The topological polar surface area (TPSA) is 26.3 Å². The van der Waals surface area contributed by atoms with Crippen LogP contribution >= 0.6 is 38.6 Å². The normalized spacial score (nSPS) is 11.7. The van der Waals surface area contributed by atoms with Crippen LogP contribution in [-0.2, 0) is 0 Å². The Morgan fingerprint density at radius 3 is 1.85 bits per heavy atom. The summed E-state index contributed by atoms with van der Waals surface area (Å²) in [5.74, 6) is 0. The molecule has 4 heterocycles. The minimum atomic E-state index is 0.994. The zero-order valence-corrected chi connectivity index (χ0v) is 17.7. The smallest absolute Gasteiger partial charge is 0.146 e. The lowest BCUT2D eigenvalue weighted by atomic mass is 9.83. The van der Waals surface area contributed by atoms with Crippen molar-refractivity contribution in [3.05, 3.63) is 41.3 Å². The molecule has 8 heteroatoms. The third kappa shape index (κ3) is 2.32. The molecule has 0 saturated carbocycles. The van der Waals surface area contributed by atoms with Gasteiger partial charge < -0.3 is 8.83 Å². The van der Waals surface area contributed by atoms with Gasteiger partial charge in [-0.05, 0) is 34.7 Å². The predicted octanol–water partition coefficient (Wildman–Crippen LogP) is 2.17. The summed E-state index contributed by atoms with van der Waals surface area (Å²) in [4.78, 5) is 2.54. The quantitative estimate of drug-likeness (QED) is 0.397. The number of hydrogen-bond donors (Lipinski definition) is 0. The summed E-state index contributed by atoms with van der Waals surface area (Å²) in [6, 6.07) is 8.59. The van der Waals surface area contributed by atoms with Crippen molar-refractivity contribution in [2.75, 3.05) is 0 Å². The fourth-order valence-corrected chi connectivity index (χ4v) is 6.54. The number of furan rings is 2. The van der Waals surface area contributed by atoms with Crippen LogP contribution in [-0.4, -0.2) is 23.5 Å². The molecule has 0 aliphatic heterocycles. The molecule has 0 aliphatic rings. The maximum absolute atomic E-state index is 5.64. The van der Waals surface area contributed by atoms with Crippen molar-refractivity contribution in [3.63, 3.8) is 0 Å². The molecule has 0 bridgehead atoms. The number of benzene rings is 1. The Hall–Kier alpha value is -1.63. The molecule has 5 rings (SSSR count). The maximum Gasteiger partial charge on any atom is 0.146 e. The summed E-state index contributed by atoms with van der Waals surface area (Å²) in [6.45, 7) is 0. The standard InChI is InChI=1S/C18H12B3BrO2S2/c19-9-5-8(18-14(21)16-12(26-18)2-4-24-16)10(22)6-7(9)17-13(20)15-11(25-17)1-3-23-15/h1-6H,19-21H2. The largest absolute Gasteiger partial charge is 0.464 e. The van der Waals surface area contributed by atoms with Crippen LogP contribution in [0, 0.1) is 0 Å². The van der Waals surface area contributed by atoms with Gasteiger partial charge in [-0.25, -0.2) is 0 Å². The van der Waals surface area contributed by atoms with Gasteiger partial charge in [0.1, 0.15) is 34.7 Å². The fourth-order valence-electron chi connectivity index (χ4n) is 3.50. The Morgan fingerprint density at radius 2 is 1.31 bits per heavy atom. The van der Waals surface area contributed by atoms with Gasteiger partial charge >= 0.3 is 0 Å². The van der Waals surface area contributed by atoms with Gasteiger partial charge in [0, 0.05) is 19.8 Å². The van der Waals surface area contributed by atoms with Gasteiger partial charge in [-0.2, -0.15) is 0 Å². The first-order valence-corrected chi connectivity index (χ1v) is 10.7. The second-order valence-corrected chi connectivity index (χ2v) is 9.45. The van der Waals surface area contributed by atoms with Crippen molar-refractivity contribution in [1.82, 2.24) is 0 Å². The van der Waals surface area contributed by atoms with Crippen LogP contribution in [0.4, 0.5) is 0 Å². The van der Waals surface area contributed by atoms with E-state index in [2.05, 4.69) is 51.6 Å². The molecule has 0 N–H and O–H groups in total. The average molecular weight is 437 g/mol. The van der Waals surface area contributed by atoms with Crippen molar-refractivity contribution in [2.24, 2.45) is 0 Å². The summed E-state index contributed by atoms with van der Waals surface area (Å²) in [6.07, 6.45) is 3.52. The van der Waals surface area contributed by atoms with Crippen LogP contribution in [0.1, 0.15) is 0 Å². The zero-order valence-electron chi connectivity index (χ0n) is 14.5. The van der Waals surface area contributed by atoms with E-state index in [0.29, 0.717) is 0 Å². The number of hydrogen-bond acceptors (Lipinski definition) is 4. The molecule has 0 saturated heterocycles. The van der Waals surface area contributed by atoms with Crippen molar-refractivity contribution in [3.8, 4) is 20.9 Å². The summed E-state index contributed by atoms with van der Waals surface area (Å²) < 4.78 is 14.8. The summed E-state index contributed by atoms with van der Waals surface area (Å²) in [5.41, 5.74) is 8.15. The van der Waals surface area contributed by atoms with Crippen LogP contribution in [0.3, 0.4) is 0 Å². The highest BCUT2D eigenvalue weighted by Gasteiger charge is 2.19. The second kappa shape index (κ2) is 5.94. The third-order valence-corrected chi connectivity index (χ3v) is 8.05. The minimum Gasteiger partial charge on any atom is -0.464 e. The van der Waals surface area contributed by atoms with Gasteiger partial charge in [0.05, 0.1) is 21.9 Å². The molecule has 2 nitrogen and oxygen atoms in total. The molecular weight excluding hydrogens is 425 g/mol. The van der Waals surface area contributed by atoms with Crippen LogP contribution in [0.2, 0.25) is 0 Å². The van der Waals surface area contributed by atoms with Gasteiger partial charge in [0.2, 0.25) is 0 Å². The van der Waals surface area contributed by atoms with Gasteiger partial charge in [0.25, 0.3) is 0 Å². The van der Waals surface area contributed by atoms with E-state index in [4.69, 9.17) is 8.83 Å². The van der Waals surface area contributed by atoms with Gasteiger partial charge in [-0.15, -0.1) is 22.7 Å². The molecule has 4 aromatic heterocycles. The molecule has 0 amide bonds. The maximum atomic E-state index is 5.64. The van der Waals surface area contributed by atoms with Gasteiger partial charge in [0.15, 0.2) is 0 Å². The molecule has 0 unspecified atom stereocenters. The minimum absolute atomic E-state index is 0.994.